The largest absolute Gasteiger partial charge is 0.481 e. The second kappa shape index (κ2) is 7.22. The fraction of sp³-hybridized carbons (Fsp3) is 0.294. The van der Waals surface area contributed by atoms with Gasteiger partial charge < -0.3 is 10.4 Å². The fourth-order valence-corrected chi connectivity index (χ4v) is 3.19. The number of carbonyl (C=O) groups excluding carboxylic acids is 1. The Labute approximate surface area is 133 Å². The van der Waals surface area contributed by atoms with Crippen molar-refractivity contribution < 1.29 is 14.7 Å². The monoisotopic (exact) mass is 317 g/mol. The summed E-state index contributed by atoms with van der Waals surface area (Å²) in [6.07, 6.45) is 1.54. The lowest BCUT2D eigenvalue weighted by atomic mass is 10.1. The molecular weight excluding hydrogens is 298 g/mol. The van der Waals surface area contributed by atoms with E-state index in [-0.39, 0.29) is 12.3 Å². The molecule has 0 aliphatic rings. The number of carbonyl (C=O) groups is 2. The number of nitrogens with one attached hydrogen (secondary N) is 1. The Morgan fingerprint density at radius 2 is 1.91 bits per heavy atom. The van der Waals surface area contributed by atoms with E-state index < -0.39 is 5.97 Å². The number of carboxylic acid groups (broad SMARTS) is 1. The summed E-state index contributed by atoms with van der Waals surface area (Å²) < 4.78 is 0. The normalized spacial score (nSPS) is 10.5. The number of aliphatic carboxylic acids is 1. The standard InChI is InChI=1S/C17H19NO3S/c1-3-14-11(2)10-15(22-14)17(21)18-13-7-4-12(5-8-13)6-9-16(19)20/h4-5,7-8,10H,3,6,9H2,1-2H3,(H,18,21)(H,19,20). The van der Waals surface area contributed by atoms with E-state index in [4.69, 9.17) is 5.11 Å². The molecule has 0 atom stereocenters. The first-order valence-corrected chi connectivity index (χ1v) is 8.02. The topological polar surface area (TPSA) is 66.4 Å². The number of aryl methyl sites for hydroxylation is 3. The summed E-state index contributed by atoms with van der Waals surface area (Å²) in [5.74, 6) is -0.914. The van der Waals surface area contributed by atoms with E-state index in [1.165, 1.54) is 16.2 Å². The molecule has 0 spiro atoms. The summed E-state index contributed by atoms with van der Waals surface area (Å²) in [7, 11) is 0. The van der Waals surface area contributed by atoms with E-state index in [0.717, 1.165) is 17.5 Å². The molecule has 1 amide bonds. The number of hydrogen-bond donors (Lipinski definition) is 2. The summed E-state index contributed by atoms with van der Waals surface area (Å²) in [6.45, 7) is 4.10. The lowest BCUT2D eigenvalue weighted by Gasteiger charge is -2.05. The van der Waals surface area contributed by atoms with Gasteiger partial charge in [0.05, 0.1) is 4.88 Å². The SMILES string of the molecule is CCc1sc(C(=O)Nc2ccc(CCC(=O)O)cc2)cc1C. The van der Waals surface area contributed by atoms with Crippen LogP contribution in [0, 0.1) is 6.92 Å². The van der Waals surface area contributed by atoms with Crippen molar-refractivity contribution in [2.75, 3.05) is 5.32 Å². The first-order chi connectivity index (χ1) is 10.5. The van der Waals surface area contributed by atoms with Crippen LogP contribution in [0.2, 0.25) is 0 Å². The number of rotatable bonds is 6. The molecule has 2 N–H and O–H groups in total. The molecule has 0 aliphatic carbocycles. The molecule has 2 aromatic rings. The van der Waals surface area contributed by atoms with Crippen LogP contribution in [-0.4, -0.2) is 17.0 Å². The predicted octanol–water partition coefficient (Wildman–Crippen LogP) is 3.89. The number of thiophene rings is 1. The lowest BCUT2D eigenvalue weighted by molar-refractivity contribution is -0.136. The summed E-state index contributed by atoms with van der Waals surface area (Å²) in [5, 5.41) is 11.5. The van der Waals surface area contributed by atoms with Gasteiger partial charge in [0.2, 0.25) is 0 Å². The van der Waals surface area contributed by atoms with Crippen LogP contribution in [0.5, 0.6) is 0 Å². The molecule has 0 unspecified atom stereocenters. The second-order valence-corrected chi connectivity index (χ2v) is 6.25. The highest BCUT2D eigenvalue weighted by Crippen LogP contribution is 2.23. The van der Waals surface area contributed by atoms with Crippen molar-refractivity contribution in [1.82, 2.24) is 0 Å². The molecule has 1 aromatic carbocycles. The minimum absolute atomic E-state index is 0.105. The van der Waals surface area contributed by atoms with Crippen molar-refractivity contribution in [3.05, 3.63) is 51.2 Å². The Morgan fingerprint density at radius 1 is 1.23 bits per heavy atom. The Kier molecular flexibility index (Phi) is 5.33. The zero-order valence-electron chi connectivity index (χ0n) is 12.7. The third-order valence-electron chi connectivity index (χ3n) is 3.40. The smallest absolute Gasteiger partial charge is 0.303 e. The number of amides is 1. The molecule has 0 radical (unpaired) electrons. The Morgan fingerprint density at radius 3 is 2.45 bits per heavy atom. The van der Waals surface area contributed by atoms with Crippen LogP contribution in [0.15, 0.2) is 30.3 Å². The van der Waals surface area contributed by atoms with Crippen LogP contribution in [0.4, 0.5) is 5.69 Å². The average Bonchev–Trinajstić information content (AvgIpc) is 2.87. The van der Waals surface area contributed by atoms with E-state index in [9.17, 15) is 9.59 Å². The van der Waals surface area contributed by atoms with E-state index >= 15 is 0 Å². The molecule has 0 saturated carbocycles. The summed E-state index contributed by atoms with van der Waals surface area (Å²) in [6, 6.07) is 9.21. The molecule has 0 fully saturated rings. The number of hydrogen-bond acceptors (Lipinski definition) is 3. The van der Waals surface area contributed by atoms with E-state index in [0.29, 0.717) is 17.0 Å². The Hall–Kier alpha value is -2.14. The molecular formula is C17H19NO3S. The van der Waals surface area contributed by atoms with Crippen LogP contribution < -0.4 is 5.32 Å². The summed E-state index contributed by atoms with van der Waals surface area (Å²) in [5.41, 5.74) is 2.82. The third kappa shape index (κ3) is 4.18. The van der Waals surface area contributed by atoms with Gasteiger partial charge in [0.15, 0.2) is 0 Å². The lowest BCUT2D eigenvalue weighted by Crippen LogP contribution is -2.10. The maximum atomic E-state index is 12.2. The molecule has 0 saturated heterocycles. The minimum atomic E-state index is -0.808. The Balaban J connectivity index is 2.00. The molecule has 2 rings (SSSR count). The molecule has 0 bridgehead atoms. The quantitative estimate of drug-likeness (QED) is 0.849. The molecule has 1 aromatic heterocycles. The van der Waals surface area contributed by atoms with E-state index in [1.807, 2.05) is 25.1 Å². The van der Waals surface area contributed by atoms with E-state index in [1.54, 1.807) is 12.1 Å². The van der Waals surface area contributed by atoms with Gasteiger partial charge >= 0.3 is 5.97 Å². The Bertz CT molecular complexity index is 674. The van der Waals surface area contributed by atoms with Gasteiger partial charge in [-0.2, -0.15) is 0 Å². The molecule has 5 heteroatoms. The van der Waals surface area contributed by atoms with Crippen molar-refractivity contribution in [3.8, 4) is 0 Å². The highest BCUT2D eigenvalue weighted by atomic mass is 32.1. The van der Waals surface area contributed by atoms with Gasteiger partial charge in [-0.15, -0.1) is 11.3 Å². The van der Waals surface area contributed by atoms with Crippen LogP contribution in [-0.2, 0) is 17.6 Å². The maximum absolute atomic E-state index is 12.2. The molecule has 22 heavy (non-hydrogen) atoms. The van der Waals surface area contributed by atoms with Crippen molar-refractivity contribution in [2.45, 2.75) is 33.1 Å². The number of anilines is 1. The molecule has 0 aliphatic heterocycles. The van der Waals surface area contributed by atoms with Gasteiger partial charge in [0.25, 0.3) is 5.91 Å². The minimum Gasteiger partial charge on any atom is -0.481 e. The average molecular weight is 317 g/mol. The van der Waals surface area contributed by atoms with Gasteiger partial charge in [0, 0.05) is 17.0 Å². The summed E-state index contributed by atoms with van der Waals surface area (Å²) in [4.78, 5) is 24.7. The zero-order chi connectivity index (χ0) is 16.1. The van der Waals surface area contributed by atoms with Crippen LogP contribution >= 0.6 is 11.3 Å². The number of carboxylic acids is 1. The van der Waals surface area contributed by atoms with Gasteiger partial charge in [-0.05, 0) is 49.1 Å². The second-order valence-electron chi connectivity index (χ2n) is 5.12. The zero-order valence-corrected chi connectivity index (χ0v) is 13.5. The van der Waals surface area contributed by atoms with Crippen molar-refractivity contribution in [2.24, 2.45) is 0 Å². The molecule has 116 valence electrons. The van der Waals surface area contributed by atoms with Crippen LogP contribution in [0.25, 0.3) is 0 Å². The van der Waals surface area contributed by atoms with Crippen molar-refractivity contribution in [1.29, 1.82) is 0 Å². The van der Waals surface area contributed by atoms with Crippen LogP contribution in [0.1, 0.15) is 39.0 Å². The van der Waals surface area contributed by atoms with Crippen molar-refractivity contribution >= 4 is 28.9 Å². The third-order valence-corrected chi connectivity index (χ3v) is 4.79. The van der Waals surface area contributed by atoms with Crippen molar-refractivity contribution in [3.63, 3.8) is 0 Å². The van der Waals surface area contributed by atoms with E-state index in [2.05, 4.69) is 12.2 Å². The van der Waals surface area contributed by atoms with Crippen LogP contribution in [0.3, 0.4) is 0 Å². The fourth-order valence-electron chi connectivity index (χ4n) is 2.18. The first kappa shape index (κ1) is 16.2. The number of benzene rings is 1. The first-order valence-electron chi connectivity index (χ1n) is 7.21. The highest BCUT2D eigenvalue weighted by molar-refractivity contribution is 7.14. The molecule has 4 nitrogen and oxygen atoms in total. The van der Waals surface area contributed by atoms with Gasteiger partial charge in [-0.25, -0.2) is 0 Å². The molecule has 1 heterocycles. The van der Waals surface area contributed by atoms with Gasteiger partial charge in [0.1, 0.15) is 0 Å². The highest BCUT2D eigenvalue weighted by Gasteiger charge is 2.11. The predicted molar refractivity (Wildman–Crippen MR) is 88.8 cm³/mol. The van der Waals surface area contributed by atoms with Gasteiger partial charge in [-0.1, -0.05) is 19.1 Å². The summed E-state index contributed by atoms with van der Waals surface area (Å²) >= 11 is 1.52. The van der Waals surface area contributed by atoms with Gasteiger partial charge in [-0.3, -0.25) is 9.59 Å². The maximum Gasteiger partial charge on any atom is 0.303 e.